The first-order chi connectivity index (χ1) is 14.1. The number of carbonyl (C=O) groups excluding carboxylic acids is 2. The van der Waals surface area contributed by atoms with Gasteiger partial charge in [0.25, 0.3) is 5.91 Å². The standard InChI is InChI=1S/C23H26N2O4/c1-28-20-10-11-21(29-2)19(15-20)9-12-22(26)24-16-17-5-7-18(8-6-17)23(27)25-13-3-4-14-25/h5-12,15H,3-4,13-14,16H2,1-2H3,(H,24,26). The summed E-state index contributed by atoms with van der Waals surface area (Å²) in [6.07, 6.45) is 5.30. The van der Waals surface area contributed by atoms with Gasteiger partial charge in [-0.25, -0.2) is 0 Å². The van der Waals surface area contributed by atoms with Crippen molar-refractivity contribution in [2.45, 2.75) is 19.4 Å². The van der Waals surface area contributed by atoms with Gasteiger partial charge in [0, 0.05) is 36.8 Å². The monoisotopic (exact) mass is 394 g/mol. The molecule has 6 nitrogen and oxygen atoms in total. The molecule has 0 saturated carbocycles. The SMILES string of the molecule is COc1ccc(OC)c(C=CC(=O)NCc2ccc(C(=O)N3CCCC3)cc2)c1. The maximum atomic E-state index is 12.4. The average molecular weight is 394 g/mol. The Hall–Kier alpha value is -3.28. The molecule has 3 rings (SSSR count). The van der Waals surface area contributed by atoms with Crippen molar-refractivity contribution in [1.82, 2.24) is 10.2 Å². The minimum absolute atomic E-state index is 0.0771. The first kappa shape index (κ1) is 20.5. The van der Waals surface area contributed by atoms with Gasteiger partial charge in [-0.3, -0.25) is 9.59 Å². The lowest BCUT2D eigenvalue weighted by molar-refractivity contribution is -0.116. The summed E-state index contributed by atoms with van der Waals surface area (Å²) in [7, 11) is 3.17. The number of benzene rings is 2. The van der Waals surface area contributed by atoms with Crippen LogP contribution in [0.1, 0.15) is 34.3 Å². The molecule has 29 heavy (non-hydrogen) atoms. The second-order valence-corrected chi connectivity index (χ2v) is 6.86. The number of likely N-dealkylation sites (tertiary alicyclic amines) is 1. The molecule has 1 aliphatic rings. The second kappa shape index (κ2) is 9.78. The molecule has 2 aromatic rings. The summed E-state index contributed by atoms with van der Waals surface area (Å²) in [5.74, 6) is 1.21. The van der Waals surface area contributed by atoms with E-state index in [2.05, 4.69) is 5.32 Å². The summed E-state index contributed by atoms with van der Waals surface area (Å²) in [5, 5.41) is 2.85. The highest BCUT2D eigenvalue weighted by molar-refractivity contribution is 5.94. The van der Waals surface area contributed by atoms with E-state index in [-0.39, 0.29) is 11.8 Å². The Morgan fingerprint density at radius 1 is 1.03 bits per heavy atom. The summed E-state index contributed by atoms with van der Waals surface area (Å²) in [6.45, 7) is 2.05. The van der Waals surface area contributed by atoms with Gasteiger partial charge in [-0.15, -0.1) is 0 Å². The van der Waals surface area contributed by atoms with E-state index in [0.29, 0.717) is 23.6 Å². The van der Waals surface area contributed by atoms with E-state index in [9.17, 15) is 9.59 Å². The van der Waals surface area contributed by atoms with Gasteiger partial charge in [0.05, 0.1) is 14.2 Å². The van der Waals surface area contributed by atoms with Gasteiger partial charge >= 0.3 is 0 Å². The summed E-state index contributed by atoms with van der Waals surface area (Å²) in [5.41, 5.74) is 2.38. The zero-order chi connectivity index (χ0) is 20.6. The number of amides is 2. The minimum Gasteiger partial charge on any atom is -0.497 e. The molecule has 1 heterocycles. The molecule has 0 atom stereocenters. The van der Waals surface area contributed by atoms with Crippen LogP contribution in [0.25, 0.3) is 6.08 Å². The summed E-state index contributed by atoms with van der Waals surface area (Å²) < 4.78 is 10.5. The van der Waals surface area contributed by atoms with Gasteiger partial charge in [0.2, 0.25) is 5.91 Å². The Bertz CT molecular complexity index is 884. The van der Waals surface area contributed by atoms with Gasteiger partial charge in [0.15, 0.2) is 0 Å². The van der Waals surface area contributed by atoms with Gasteiger partial charge in [0.1, 0.15) is 11.5 Å². The molecule has 2 amide bonds. The van der Waals surface area contributed by atoms with Crippen LogP contribution in [0.3, 0.4) is 0 Å². The third-order valence-electron chi connectivity index (χ3n) is 4.91. The van der Waals surface area contributed by atoms with Crippen molar-refractivity contribution < 1.29 is 19.1 Å². The van der Waals surface area contributed by atoms with Crippen LogP contribution >= 0.6 is 0 Å². The highest BCUT2D eigenvalue weighted by Crippen LogP contribution is 2.25. The van der Waals surface area contributed by atoms with Gasteiger partial charge in [-0.1, -0.05) is 12.1 Å². The average Bonchev–Trinajstić information content (AvgIpc) is 3.30. The predicted octanol–water partition coefficient (Wildman–Crippen LogP) is 3.27. The first-order valence-electron chi connectivity index (χ1n) is 9.67. The number of carbonyl (C=O) groups is 2. The molecule has 152 valence electrons. The fourth-order valence-corrected chi connectivity index (χ4v) is 3.25. The second-order valence-electron chi connectivity index (χ2n) is 6.86. The number of methoxy groups -OCH3 is 2. The predicted molar refractivity (Wildman–Crippen MR) is 112 cm³/mol. The van der Waals surface area contributed by atoms with Crippen LogP contribution in [0.15, 0.2) is 48.5 Å². The van der Waals surface area contributed by atoms with Gasteiger partial charge < -0.3 is 19.7 Å². The third-order valence-corrected chi connectivity index (χ3v) is 4.91. The Labute approximate surface area is 171 Å². The molecular weight excluding hydrogens is 368 g/mol. The molecule has 0 bridgehead atoms. The lowest BCUT2D eigenvalue weighted by Gasteiger charge is -2.15. The normalized spacial score (nSPS) is 13.5. The number of hydrogen-bond donors (Lipinski definition) is 1. The van der Waals surface area contributed by atoms with Crippen molar-refractivity contribution in [3.8, 4) is 11.5 Å². The van der Waals surface area contributed by atoms with Crippen molar-refractivity contribution >= 4 is 17.9 Å². The lowest BCUT2D eigenvalue weighted by Crippen LogP contribution is -2.27. The zero-order valence-corrected chi connectivity index (χ0v) is 16.8. The highest BCUT2D eigenvalue weighted by Gasteiger charge is 2.19. The summed E-state index contributed by atoms with van der Waals surface area (Å²) in [6, 6.07) is 12.8. The van der Waals surface area contributed by atoms with E-state index in [1.165, 1.54) is 6.08 Å². The van der Waals surface area contributed by atoms with E-state index >= 15 is 0 Å². The molecule has 1 aliphatic heterocycles. The lowest BCUT2D eigenvalue weighted by atomic mass is 10.1. The Kier molecular flexibility index (Phi) is 6.89. The molecule has 0 spiro atoms. The van der Waals surface area contributed by atoms with E-state index in [1.807, 2.05) is 29.2 Å². The maximum Gasteiger partial charge on any atom is 0.253 e. The van der Waals surface area contributed by atoms with Crippen molar-refractivity contribution in [3.05, 3.63) is 65.2 Å². The van der Waals surface area contributed by atoms with Crippen molar-refractivity contribution in [3.63, 3.8) is 0 Å². The van der Waals surface area contributed by atoms with Crippen LogP contribution in [-0.2, 0) is 11.3 Å². The quantitative estimate of drug-likeness (QED) is 0.732. The fourth-order valence-electron chi connectivity index (χ4n) is 3.25. The van der Waals surface area contributed by atoms with Crippen molar-refractivity contribution in [2.24, 2.45) is 0 Å². The first-order valence-corrected chi connectivity index (χ1v) is 9.67. The number of hydrogen-bond acceptors (Lipinski definition) is 4. The topological polar surface area (TPSA) is 67.9 Å². The minimum atomic E-state index is -0.216. The van der Waals surface area contributed by atoms with Crippen LogP contribution in [0, 0.1) is 0 Å². The molecule has 1 saturated heterocycles. The zero-order valence-electron chi connectivity index (χ0n) is 16.8. The van der Waals surface area contributed by atoms with Crippen molar-refractivity contribution in [1.29, 1.82) is 0 Å². The largest absolute Gasteiger partial charge is 0.497 e. The van der Waals surface area contributed by atoms with Gasteiger partial charge in [-0.05, 0) is 54.8 Å². The smallest absolute Gasteiger partial charge is 0.253 e. The van der Waals surface area contributed by atoms with Crippen LogP contribution in [-0.4, -0.2) is 44.0 Å². The molecule has 6 heteroatoms. The molecule has 0 aromatic heterocycles. The van der Waals surface area contributed by atoms with Crippen molar-refractivity contribution in [2.75, 3.05) is 27.3 Å². The Balaban J connectivity index is 1.55. The molecule has 0 radical (unpaired) electrons. The third kappa shape index (κ3) is 5.38. The van der Waals surface area contributed by atoms with Gasteiger partial charge in [-0.2, -0.15) is 0 Å². The number of nitrogens with zero attached hydrogens (tertiary/aromatic N) is 1. The Morgan fingerprint density at radius 2 is 1.76 bits per heavy atom. The molecule has 1 N–H and O–H groups in total. The van der Waals surface area contributed by atoms with Crippen LogP contribution in [0.2, 0.25) is 0 Å². The van der Waals surface area contributed by atoms with Crippen LogP contribution in [0.5, 0.6) is 11.5 Å². The number of rotatable bonds is 7. The summed E-state index contributed by atoms with van der Waals surface area (Å²) >= 11 is 0. The highest BCUT2D eigenvalue weighted by atomic mass is 16.5. The summed E-state index contributed by atoms with van der Waals surface area (Å²) in [4.78, 5) is 26.4. The molecule has 2 aromatic carbocycles. The van der Waals surface area contributed by atoms with E-state index in [4.69, 9.17) is 9.47 Å². The van der Waals surface area contributed by atoms with Crippen LogP contribution < -0.4 is 14.8 Å². The molecule has 0 aliphatic carbocycles. The number of nitrogens with one attached hydrogen (secondary N) is 1. The van der Waals surface area contributed by atoms with E-state index < -0.39 is 0 Å². The molecular formula is C23H26N2O4. The molecule has 1 fully saturated rings. The molecule has 0 unspecified atom stereocenters. The fraction of sp³-hybridized carbons (Fsp3) is 0.304. The maximum absolute atomic E-state index is 12.4. The Morgan fingerprint density at radius 3 is 2.41 bits per heavy atom. The number of ether oxygens (including phenoxy) is 2. The van der Waals surface area contributed by atoms with E-state index in [1.54, 1.807) is 38.5 Å². The van der Waals surface area contributed by atoms with Crippen LogP contribution in [0.4, 0.5) is 0 Å². The van der Waals surface area contributed by atoms with E-state index in [0.717, 1.165) is 37.1 Å².